The summed E-state index contributed by atoms with van der Waals surface area (Å²) in [4.78, 5) is 6.15. The van der Waals surface area contributed by atoms with E-state index in [1.807, 2.05) is 11.3 Å². The minimum absolute atomic E-state index is 0.629. The van der Waals surface area contributed by atoms with Crippen molar-refractivity contribution in [2.24, 2.45) is 11.8 Å². The van der Waals surface area contributed by atoms with Gasteiger partial charge >= 0.3 is 0 Å². The summed E-state index contributed by atoms with van der Waals surface area (Å²) in [5.74, 6) is 1.80. The number of nitrogens with one attached hydrogen (secondary N) is 1. The lowest BCUT2D eigenvalue weighted by molar-refractivity contribution is 0.207. The first-order valence-corrected chi connectivity index (χ1v) is 9.61. The van der Waals surface area contributed by atoms with E-state index in [0.29, 0.717) is 6.04 Å². The molecule has 0 aliphatic heterocycles. The summed E-state index contributed by atoms with van der Waals surface area (Å²) >= 11 is 1.90. The van der Waals surface area contributed by atoms with Gasteiger partial charge in [0.15, 0.2) is 0 Å². The quantitative estimate of drug-likeness (QED) is 0.776. The van der Waals surface area contributed by atoms with Gasteiger partial charge in [-0.1, -0.05) is 33.1 Å². The highest BCUT2D eigenvalue weighted by molar-refractivity contribution is 7.11. The lowest BCUT2D eigenvalue weighted by Gasteiger charge is -2.34. The Morgan fingerprint density at radius 1 is 1.29 bits per heavy atom. The molecule has 1 N–H and O–H groups in total. The van der Waals surface area contributed by atoms with Crippen molar-refractivity contribution in [3.05, 3.63) is 15.6 Å². The van der Waals surface area contributed by atoms with Crippen LogP contribution in [0.25, 0.3) is 0 Å². The third kappa shape index (κ3) is 4.79. The van der Waals surface area contributed by atoms with E-state index in [1.54, 1.807) is 0 Å². The maximum atomic E-state index is 4.77. The zero-order valence-electron chi connectivity index (χ0n) is 14.2. The monoisotopic (exact) mass is 308 g/mol. The van der Waals surface area contributed by atoms with Crippen LogP contribution in [0.2, 0.25) is 0 Å². The van der Waals surface area contributed by atoms with Crippen molar-refractivity contribution in [3.8, 4) is 0 Å². The molecule has 0 bridgehead atoms. The van der Waals surface area contributed by atoms with Crippen molar-refractivity contribution in [1.82, 2.24) is 10.3 Å². The Bertz CT molecular complexity index is 407. The lowest BCUT2D eigenvalue weighted by Crippen LogP contribution is -2.40. The third-order valence-corrected chi connectivity index (χ3v) is 6.19. The van der Waals surface area contributed by atoms with Crippen LogP contribution in [0.1, 0.15) is 68.0 Å². The van der Waals surface area contributed by atoms with Crippen molar-refractivity contribution < 1.29 is 0 Å². The summed E-state index contributed by atoms with van der Waals surface area (Å²) < 4.78 is 0. The molecule has 1 aliphatic rings. The Labute approximate surface area is 134 Å². The van der Waals surface area contributed by atoms with Gasteiger partial charge in [-0.3, -0.25) is 0 Å². The molecule has 3 atom stereocenters. The molecule has 1 fully saturated rings. The highest BCUT2D eigenvalue weighted by Crippen LogP contribution is 2.34. The van der Waals surface area contributed by atoms with Crippen molar-refractivity contribution in [2.75, 3.05) is 6.54 Å². The van der Waals surface area contributed by atoms with Crippen LogP contribution < -0.4 is 5.32 Å². The number of rotatable bonds is 7. The van der Waals surface area contributed by atoms with Gasteiger partial charge in [-0.15, -0.1) is 11.3 Å². The molecule has 2 rings (SSSR count). The first-order valence-electron chi connectivity index (χ1n) is 8.80. The molecule has 1 heterocycles. The first-order chi connectivity index (χ1) is 10.1. The Balaban J connectivity index is 2.02. The van der Waals surface area contributed by atoms with E-state index in [9.17, 15) is 0 Å². The van der Waals surface area contributed by atoms with Gasteiger partial charge in [-0.05, 0) is 51.5 Å². The van der Waals surface area contributed by atoms with Crippen LogP contribution in [0.4, 0.5) is 0 Å². The minimum Gasteiger partial charge on any atom is -0.313 e. The number of nitrogens with zero attached hydrogens (tertiary/aromatic N) is 1. The Morgan fingerprint density at radius 3 is 2.71 bits per heavy atom. The third-order valence-electron chi connectivity index (χ3n) is 5.09. The van der Waals surface area contributed by atoms with E-state index in [-0.39, 0.29) is 0 Å². The molecule has 3 heteroatoms. The van der Waals surface area contributed by atoms with E-state index in [0.717, 1.165) is 24.8 Å². The van der Waals surface area contributed by atoms with Gasteiger partial charge in [0.1, 0.15) is 0 Å². The van der Waals surface area contributed by atoms with Crippen molar-refractivity contribution in [3.63, 3.8) is 0 Å². The van der Waals surface area contributed by atoms with Crippen molar-refractivity contribution in [2.45, 2.75) is 78.7 Å². The molecule has 0 amide bonds. The number of aryl methyl sites for hydroxylation is 2. The molecule has 3 unspecified atom stereocenters. The smallest absolute Gasteiger partial charge is 0.0946 e. The van der Waals surface area contributed by atoms with Gasteiger partial charge in [0, 0.05) is 17.3 Å². The van der Waals surface area contributed by atoms with Crippen LogP contribution in [0.5, 0.6) is 0 Å². The van der Waals surface area contributed by atoms with Crippen LogP contribution in [0.3, 0.4) is 0 Å². The van der Waals surface area contributed by atoms with Gasteiger partial charge in [0.05, 0.1) is 10.7 Å². The number of aromatic nitrogens is 1. The molecule has 120 valence electrons. The van der Waals surface area contributed by atoms with E-state index in [1.165, 1.54) is 54.1 Å². The largest absolute Gasteiger partial charge is 0.313 e. The Hall–Kier alpha value is -0.410. The highest BCUT2D eigenvalue weighted by atomic mass is 32.1. The van der Waals surface area contributed by atoms with Gasteiger partial charge in [0.25, 0.3) is 0 Å². The predicted octanol–water partition coefficient (Wildman–Crippen LogP) is 4.89. The van der Waals surface area contributed by atoms with E-state index in [4.69, 9.17) is 4.98 Å². The van der Waals surface area contributed by atoms with Crippen LogP contribution in [0.15, 0.2) is 0 Å². The fourth-order valence-electron chi connectivity index (χ4n) is 3.62. The van der Waals surface area contributed by atoms with E-state index >= 15 is 0 Å². The van der Waals surface area contributed by atoms with E-state index in [2.05, 4.69) is 33.0 Å². The highest BCUT2D eigenvalue weighted by Gasteiger charge is 2.28. The predicted molar refractivity (Wildman–Crippen MR) is 93.1 cm³/mol. The van der Waals surface area contributed by atoms with Gasteiger partial charge < -0.3 is 5.32 Å². The topological polar surface area (TPSA) is 24.9 Å². The molecule has 0 saturated heterocycles. The van der Waals surface area contributed by atoms with Crippen molar-refractivity contribution >= 4 is 11.3 Å². The summed E-state index contributed by atoms with van der Waals surface area (Å²) in [6.07, 6.45) is 9.39. The number of hydrogen-bond acceptors (Lipinski definition) is 3. The summed E-state index contributed by atoms with van der Waals surface area (Å²) in [6, 6.07) is 0.629. The van der Waals surface area contributed by atoms with Gasteiger partial charge in [-0.25, -0.2) is 4.98 Å². The Morgan fingerprint density at radius 2 is 2.10 bits per heavy atom. The van der Waals surface area contributed by atoms with Gasteiger partial charge in [-0.2, -0.15) is 0 Å². The number of thiazole rings is 1. The molecule has 21 heavy (non-hydrogen) atoms. The van der Waals surface area contributed by atoms with Crippen LogP contribution >= 0.6 is 11.3 Å². The molecule has 2 nitrogen and oxygen atoms in total. The average Bonchev–Trinajstić information content (AvgIpc) is 2.81. The average molecular weight is 309 g/mol. The van der Waals surface area contributed by atoms with Crippen LogP contribution in [-0.4, -0.2) is 17.6 Å². The second kappa shape index (κ2) is 8.28. The van der Waals surface area contributed by atoms with E-state index < -0.39 is 0 Å². The van der Waals surface area contributed by atoms with Crippen LogP contribution in [-0.2, 0) is 6.42 Å². The molecule has 1 aromatic rings. The Kier molecular flexibility index (Phi) is 6.69. The maximum absolute atomic E-state index is 4.77. The SMILES string of the molecule is CCCNC(Cc1nc(C)c(C)s1)C1CCCC(CC)C1. The van der Waals surface area contributed by atoms with Crippen molar-refractivity contribution in [1.29, 1.82) is 0 Å². The minimum atomic E-state index is 0.629. The molecule has 0 aromatic carbocycles. The molecule has 1 aliphatic carbocycles. The summed E-state index contributed by atoms with van der Waals surface area (Å²) in [7, 11) is 0. The molecular formula is C18H32N2S. The van der Waals surface area contributed by atoms with Gasteiger partial charge in [0.2, 0.25) is 0 Å². The lowest BCUT2D eigenvalue weighted by atomic mass is 9.76. The summed E-state index contributed by atoms with van der Waals surface area (Å²) in [5, 5.41) is 5.16. The number of hydrogen-bond donors (Lipinski definition) is 1. The maximum Gasteiger partial charge on any atom is 0.0946 e. The molecule has 0 spiro atoms. The molecule has 1 aromatic heterocycles. The standard InChI is InChI=1S/C18H32N2S/c1-5-10-19-17(12-18-20-13(3)14(4)21-18)16-9-7-8-15(6-2)11-16/h15-17,19H,5-12H2,1-4H3. The normalized spacial score (nSPS) is 24.2. The fourth-order valence-corrected chi connectivity index (χ4v) is 4.61. The second-order valence-electron chi connectivity index (χ2n) is 6.71. The fraction of sp³-hybridized carbons (Fsp3) is 0.833. The first kappa shape index (κ1) is 17.0. The summed E-state index contributed by atoms with van der Waals surface area (Å²) in [6.45, 7) is 10.1. The molecular weight excluding hydrogens is 276 g/mol. The molecule has 1 saturated carbocycles. The zero-order chi connectivity index (χ0) is 15.2. The second-order valence-corrected chi connectivity index (χ2v) is 8.00. The summed E-state index contributed by atoms with van der Waals surface area (Å²) in [5.41, 5.74) is 1.22. The zero-order valence-corrected chi connectivity index (χ0v) is 15.1. The molecule has 0 radical (unpaired) electrons. The van der Waals surface area contributed by atoms with Crippen LogP contribution in [0, 0.1) is 25.7 Å².